The summed E-state index contributed by atoms with van der Waals surface area (Å²) in [4.78, 5) is 28.9. The Bertz CT molecular complexity index is 803. The molecule has 0 N–H and O–H groups in total. The van der Waals surface area contributed by atoms with Crippen LogP contribution >= 0.6 is 0 Å². The first kappa shape index (κ1) is 12.5. The molecule has 0 unspecified atom stereocenters. The number of carbonyl (C=O) groups excluding carboxylic acids is 2. The fourth-order valence-electron chi connectivity index (χ4n) is 2.57. The second kappa shape index (κ2) is 4.27. The van der Waals surface area contributed by atoms with Crippen molar-refractivity contribution < 1.29 is 14.3 Å². The minimum absolute atomic E-state index is 0.0689. The summed E-state index contributed by atoms with van der Waals surface area (Å²) in [7, 11) is 1.38. The lowest BCUT2D eigenvalue weighted by molar-refractivity contribution is 0.0914. The van der Waals surface area contributed by atoms with Gasteiger partial charge in [0.25, 0.3) is 0 Å². The Labute approximate surface area is 116 Å². The summed E-state index contributed by atoms with van der Waals surface area (Å²) in [5.74, 6) is -0.500. The molecule has 2 aromatic rings. The molecule has 0 saturated carbocycles. The van der Waals surface area contributed by atoms with Crippen LogP contribution in [0.15, 0.2) is 30.0 Å². The minimum atomic E-state index is -0.287. The molecule has 1 heterocycles. The maximum Gasteiger partial charge on any atom is 0.230 e. The highest BCUT2D eigenvalue weighted by molar-refractivity contribution is 6.24. The molecule has 0 radical (unpaired) electrons. The summed E-state index contributed by atoms with van der Waals surface area (Å²) >= 11 is 0. The van der Waals surface area contributed by atoms with Gasteiger partial charge in [0.15, 0.2) is 5.76 Å². The van der Waals surface area contributed by atoms with Crippen LogP contribution in [0.4, 0.5) is 0 Å². The van der Waals surface area contributed by atoms with Crippen LogP contribution in [0, 0.1) is 13.8 Å². The topological polar surface area (TPSA) is 56.3 Å². The van der Waals surface area contributed by atoms with Crippen molar-refractivity contribution >= 4 is 22.5 Å². The molecule has 1 aromatic carbocycles. The number of aromatic nitrogens is 1. The SMILES string of the molecule is COC1=CC(=O)c2nc3c(C)cccc3c(C)c2C1=O. The number of rotatable bonds is 1. The molecule has 100 valence electrons. The molecule has 20 heavy (non-hydrogen) atoms. The van der Waals surface area contributed by atoms with Crippen molar-refractivity contribution in [1.82, 2.24) is 4.98 Å². The standard InChI is InChI=1S/C16H13NO3/c1-8-5-4-6-10-9(2)13-15(17-14(8)10)11(18)7-12(20-3)16(13)19/h4-7H,1-3H3. The molecule has 0 saturated heterocycles. The Morgan fingerprint density at radius 1 is 1.15 bits per heavy atom. The Morgan fingerprint density at radius 2 is 1.90 bits per heavy atom. The zero-order valence-electron chi connectivity index (χ0n) is 11.5. The van der Waals surface area contributed by atoms with E-state index >= 15 is 0 Å². The normalized spacial score (nSPS) is 14.2. The Kier molecular flexibility index (Phi) is 2.67. The Balaban J connectivity index is 2.42. The molecule has 3 rings (SSSR count). The average Bonchev–Trinajstić information content (AvgIpc) is 2.43. The van der Waals surface area contributed by atoms with Gasteiger partial charge < -0.3 is 4.74 Å². The number of benzene rings is 1. The molecule has 1 aliphatic carbocycles. The van der Waals surface area contributed by atoms with E-state index in [0.717, 1.165) is 22.0 Å². The van der Waals surface area contributed by atoms with E-state index in [1.54, 1.807) is 0 Å². The van der Waals surface area contributed by atoms with Crippen LogP contribution in [0.1, 0.15) is 32.0 Å². The number of methoxy groups -OCH3 is 1. The molecule has 0 bridgehead atoms. The summed E-state index contributed by atoms with van der Waals surface area (Å²) in [5.41, 5.74) is 3.09. The van der Waals surface area contributed by atoms with Gasteiger partial charge in [-0.1, -0.05) is 18.2 Å². The first-order valence-corrected chi connectivity index (χ1v) is 6.29. The predicted molar refractivity (Wildman–Crippen MR) is 75.0 cm³/mol. The van der Waals surface area contributed by atoms with Crippen molar-refractivity contribution in [3.05, 3.63) is 52.4 Å². The van der Waals surface area contributed by atoms with E-state index in [1.807, 2.05) is 32.0 Å². The van der Waals surface area contributed by atoms with E-state index in [-0.39, 0.29) is 23.0 Å². The average molecular weight is 267 g/mol. The number of para-hydroxylation sites is 1. The molecular formula is C16H13NO3. The number of hydrogen-bond acceptors (Lipinski definition) is 4. The van der Waals surface area contributed by atoms with Crippen molar-refractivity contribution in [1.29, 1.82) is 0 Å². The van der Waals surface area contributed by atoms with Crippen molar-refractivity contribution in [2.24, 2.45) is 0 Å². The Morgan fingerprint density at radius 3 is 2.60 bits per heavy atom. The first-order valence-electron chi connectivity index (χ1n) is 6.29. The molecule has 0 spiro atoms. The number of allylic oxidation sites excluding steroid dienone is 2. The van der Waals surface area contributed by atoms with Crippen LogP contribution in [-0.4, -0.2) is 23.7 Å². The number of nitrogens with zero attached hydrogens (tertiary/aromatic N) is 1. The number of hydrogen-bond donors (Lipinski definition) is 0. The number of ketones is 2. The molecule has 0 aliphatic heterocycles. The number of ether oxygens (including phenoxy) is 1. The highest BCUT2D eigenvalue weighted by Gasteiger charge is 2.30. The van der Waals surface area contributed by atoms with Crippen LogP contribution in [0.2, 0.25) is 0 Å². The Hall–Kier alpha value is -2.49. The highest BCUT2D eigenvalue weighted by Crippen LogP contribution is 2.29. The summed E-state index contributed by atoms with van der Waals surface area (Å²) in [6, 6.07) is 5.77. The summed E-state index contributed by atoms with van der Waals surface area (Å²) in [6.07, 6.45) is 1.21. The van der Waals surface area contributed by atoms with Crippen LogP contribution < -0.4 is 0 Å². The zero-order chi connectivity index (χ0) is 14.4. The summed E-state index contributed by atoms with van der Waals surface area (Å²) < 4.78 is 4.98. The predicted octanol–water partition coefficient (Wildman–Crippen LogP) is 2.76. The molecule has 0 fully saturated rings. The maximum atomic E-state index is 12.4. The fourth-order valence-corrected chi connectivity index (χ4v) is 2.57. The number of aryl methyl sites for hydroxylation is 2. The van der Waals surface area contributed by atoms with Gasteiger partial charge in [-0.05, 0) is 25.0 Å². The zero-order valence-corrected chi connectivity index (χ0v) is 11.5. The number of fused-ring (bicyclic) bond motifs is 2. The maximum absolute atomic E-state index is 12.4. The largest absolute Gasteiger partial charge is 0.492 e. The van der Waals surface area contributed by atoms with Crippen molar-refractivity contribution in [3.8, 4) is 0 Å². The van der Waals surface area contributed by atoms with Gasteiger partial charge in [0.05, 0.1) is 18.2 Å². The smallest absolute Gasteiger partial charge is 0.230 e. The molecule has 4 heteroatoms. The van der Waals surface area contributed by atoms with E-state index in [0.29, 0.717) is 5.56 Å². The van der Waals surface area contributed by atoms with Gasteiger partial charge in [-0.3, -0.25) is 9.59 Å². The third kappa shape index (κ3) is 1.58. The van der Waals surface area contributed by atoms with Crippen LogP contribution in [0.3, 0.4) is 0 Å². The van der Waals surface area contributed by atoms with Gasteiger partial charge in [-0.15, -0.1) is 0 Å². The van der Waals surface area contributed by atoms with Gasteiger partial charge >= 0.3 is 0 Å². The van der Waals surface area contributed by atoms with Gasteiger partial charge in [-0.25, -0.2) is 4.98 Å². The van der Waals surface area contributed by atoms with E-state index in [4.69, 9.17) is 4.74 Å². The van der Waals surface area contributed by atoms with Crippen molar-refractivity contribution in [3.63, 3.8) is 0 Å². The lowest BCUT2D eigenvalue weighted by atomic mass is 9.91. The van der Waals surface area contributed by atoms with Crippen LogP contribution in [0.5, 0.6) is 0 Å². The number of pyridine rings is 1. The quantitative estimate of drug-likeness (QED) is 0.797. The lowest BCUT2D eigenvalue weighted by Crippen LogP contribution is -2.21. The summed E-state index contributed by atoms with van der Waals surface area (Å²) in [5, 5.41) is 0.891. The molecule has 4 nitrogen and oxygen atoms in total. The molecule has 1 aliphatic rings. The van der Waals surface area contributed by atoms with E-state index in [9.17, 15) is 9.59 Å². The van der Waals surface area contributed by atoms with Gasteiger partial charge in [0.1, 0.15) is 5.69 Å². The first-order chi connectivity index (χ1) is 9.54. The highest BCUT2D eigenvalue weighted by atomic mass is 16.5. The molecular weight excluding hydrogens is 254 g/mol. The van der Waals surface area contributed by atoms with Crippen LogP contribution in [0.25, 0.3) is 10.9 Å². The van der Waals surface area contributed by atoms with Crippen molar-refractivity contribution in [2.45, 2.75) is 13.8 Å². The number of carbonyl (C=O) groups is 2. The molecule has 0 amide bonds. The molecule has 1 aromatic heterocycles. The van der Waals surface area contributed by atoms with E-state index in [2.05, 4.69) is 4.98 Å². The second-order valence-corrected chi connectivity index (χ2v) is 4.84. The molecule has 0 atom stereocenters. The second-order valence-electron chi connectivity index (χ2n) is 4.84. The monoisotopic (exact) mass is 267 g/mol. The van der Waals surface area contributed by atoms with E-state index < -0.39 is 0 Å². The minimum Gasteiger partial charge on any atom is -0.492 e. The lowest BCUT2D eigenvalue weighted by Gasteiger charge is -2.17. The van der Waals surface area contributed by atoms with Crippen molar-refractivity contribution in [2.75, 3.05) is 7.11 Å². The van der Waals surface area contributed by atoms with E-state index in [1.165, 1.54) is 13.2 Å². The van der Waals surface area contributed by atoms with Gasteiger partial charge in [0.2, 0.25) is 11.6 Å². The summed E-state index contributed by atoms with van der Waals surface area (Å²) in [6.45, 7) is 3.78. The van der Waals surface area contributed by atoms with Crippen LogP contribution in [-0.2, 0) is 4.74 Å². The third-order valence-electron chi connectivity index (χ3n) is 3.64. The third-order valence-corrected chi connectivity index (χ3v) is 3.64. The van der Waals surface area contributed by atoms with Gasteiger partial charge in [-0.2, -0.15) is 0 Å². The fraction of sp³-hybridized carbons (Fsp3) is 0.188. The number of Topliss-reactive ketones (excluding diaryl/α,β-unsaturated/α-hetero) is 1. The van der Waals surface area contributed by atoms with Gasteiger partial charge in [0, 0.05) is 11.5 Å².